The summed E-state index contributed by atoms with van der Waals surface area (Å²) in [5.41, 5.74) is 0. The molecule has 0 saturated heterocycles. The Morgan fingerprint density at radius 3 is 1.94 bits per heavy atom. The van der Waals surface area contributed by atoms with Crippen molar-refractivity contribution in [1.82, 2.24) is 0 Å². The summed E-state index contributed by atoms with van der Waals surface area (Å²) in [7, 11) is -4.10. The van der Waals surface area contributed by atoms with Gasteiger partial charge in [0.2, 0.25) is 0 Å². The van der Waals surface area contributed by atoms with Gasteiger partial charge in [0, 0.05) is 19.6 Å². The topological polar surface area (TPSA) is 112 Å². The Kier molecular flexibility index (Phi) is 22.0. The summed E-state index contributed by atoms with van der Waals surface area (Å²) in [6.07, 6.45) is 13.9. The van der Waals surface area contributed by atoms with E-state index in [9.17, 15) is 14.3 Å². The highest BCUT2D eigenvalue weighted by molar-refractivity contribution is 7.47. The lowest BCUT2D eigenvalue weighted by Crippen LogP contribution is -2.26. The highest BCUT2D eigenvalue weighted by atomic mass is 31.2. The van der Waals surface area contributed by atoms with E-state index in [1.807, 2.05) is 6.92 Å². The maximum Gasteiger partial charge on any atom is 0.472 e. The number of phosphoric ester groups is 1. The molecule has 0 aliphatic rings. The summed E-state index contributed by atoms with van der Waals surface area (Å²) in [4.78, 5) is 20.3. The van der Waals surface area contributed by atoms with E-state index in [4.69, 9.17) is 23.6 Å². The Morgan fingerprint density at radius 1 is 0.750 bits per heavy atom. The molecule has 0 radical (unpaired) electrons. The number of carboxylic acid groups (broad SMARTS) is 1. The minimum atomic E-state index is -4.10. The maximum absolute atomic E-state index is 11.9. The van der Waals surface area contributed by atoms with Gasteiger partial charge in [0.1, 0.15) is 6.10 Å². The van der Waals surface area contributed by atoms with Crippen LogP contribution in [0.1, 0.15) is 104 Å². The highest BCUT2D eigenvalue weighted by Crippen LogP contribution is 2.43. The first-order valence-electron chi connectivity index (χ1n) is 12.4. The zero-order valence-corrected chi connectivity index (χ0v) is 21.2. The number of carbonyl (C=O) groups is 1. The lowest BCUT2D eigenvalue weighted by Gasteiger charge is -2.20. The zero-order chi connectivity index (χ0) is 23.9. The van der Waals surface area contributed by atoms with Crippen LogP contribution in [0.5, 0.6) is 0 Å². The number of rotatable bonds is 25. The number of phosphoric acid groups is 1. The van der Waals surface area contributed by atoms with Crippen molar-refractivity contribution in [2.75, 3.05) is 33.0 Å². The molecular weight excluding hydrogens is 435 g/mol. The summed E-state index contributed by atoms with van der Waals surface area (Å²) in [6.45, 7) is 5.30. The molecule has 9 heteroatoms. The third-order valence-corrected chi connectivity index (χ3v) is 5.95. The molecule has 0 fully saturated rings. The van der Waals surface area contributed by atoms with Crippen molar-refractivity contribution in [3.05, 3.63) is 0 Å². The Balaban J connectivity index is 3.99. The van der Waals surface area contributed by atoms with Gasteiger partial charge in [-0.1, -0.05) is 71.6 Å². The molecule has 0 amide bonds. The first-order valence-corrected chi connectivity index (χ1v) is 13.9. The molecule has 2 N–H and O–H groups in total. The van der Waals surface area contributed by atoms with Gasteiger partial charge in [-0.05, 0) is 25.7 Å². The molecule has 0 rings (SSSR count). The Bertz CT molecular complexity index is 475. The van der Waals surface area contributed by atoms with Gasteiger partial charge in [0.15, 0.2) is 0 Å². The average molecular weight is 483 g/mol. The molecule has 32 heavy (non-hydrogen) atoms. The maximum atomic E-state index is 11.9. The van der Waals surface area contributed by atoms with E-state index >= 15 is 0 Å². The quantitative estimate of drug-likeness (QED) is 0.118. The van der Waals surface area contributed by atoms with Gasteiger partial charge in [-0.3, -0.25) is 13.8 Å². The molecule has 0 saturated carbocycles. The van der Waals surface area contributed by atoms with Gasteiger partial charge in [0.25, 0.3) is 0 Å². The minimum Gasteiger partial charge on any atom is -0.481 e. The predicted octanol–water partition coefficient (Wildman–Crippen LogP) is 6.11. The van der Waals surface area contributed by atoms with Crippen molar-refractivity contribution in [3.8, 4) is 0 Å². The second-order valence-corrected chi connectivity index (χ2v) is 9.65. The van der Waals surface area contributed by atoms with Crippen molar-refractivity contribution in [2.45, 2.75) is 110 Å². The van der Waals surface area contributed by atoms with Crippen molar-refractivity contribution in [1.29, 1.82) is 0 Å². The summed E-state index contributed by atoms with van der Waals surface area (Å²) >= 11 is 0. The average Bonchev–Trinajstić information content (AvgIpc) is 2.75. The Morgan fingerprint density at radius 2 is 1.34 bits per heavy atom. The molecule has 0 aromatic carbocycles. The first kappa shape index (κ1) is 31.5. The van der Waals surface area contributed by atoms with Gasteiger partial charge in [0.05, 0.1) is 19.8 Å². The third-order valence-electron chi connectivity index (χ3n) is 4.97. The minimum absolute atomic E-state index is 0.0937. The molecular formula is C23H47O8P. The number of carboxylic acids is 1. The fourth-order valence-corrected chi connectivity index (χ4v) is 3.94. The van der Waals surface area contributed by atoms with Crippen LogP contribution in [-0.4, -0.2) is 55.1 Å². The Labute approximate surface area is 195 Å². The fourth-order valence-electron chi connectivity index (χ4n) is 3.10. The van der Waals surface area contributed by atoms with Crippen molar-refractivity contribution >= 4 is 13.8 Å². The lowest BCUT2D eigenvalue weighted by atomic mass is 10.1. The molecule has 8 nitrogen and oxygen atoms in total. The summed E-state index contributed by atoms with van der Waals surface area (Å²) in [5.74, 6) is -0.834. The van der Waals surface area contributed by atoms with E-state index in [1.165, 1.54) is 51.4 Å². The van der Waals surface area contributed by atoms with E-state index in [1.54, 1.807) is 0 Å². The van der Waals surface area contributed by atoms with E-state index in [-0.39, 0.29) is 26.2 Å². The highest BCUT2D eigenvalue weighted by Gasteiger charge is 2.23. The van der Waals surface area contributed by atoms with Crippen LogP contribution in [0.3, 0.4) is 0 Å². The van der Waals surface area contributed by atoms with Gasteiger partial charge >= 0.3 is 13.8 Å². The van der Waals surface area contributed by atoms with Crippen molar-refractivity contribution in [2.24, 2.45) is 0 Å². The lowest BCUT2D eigenvalue weighted by molar-refractivity contribution is -0.137. The number of unbranched alkanes of at least 4 members (excludes halogenated alkanes) is 10. The van der Waals surface area contributed by atoms with Crippen LogP contribution >= 0.6 is 7.82 Å². The number of hydrogen-bond donors (Lipinski definition) is 2. The molecule has 0 aromatic heterocycles. The fraction of sp³-hybridized carbons (Fsp3) is 0.957. The summed E-state index contributed by atoms with van der Waals surface area (Å²) in [6, 6.07) is 0. The van der Waals surface area contributed by atoms with Gasteiger partial charge in [-0.15, -0.1) is 0 Å². The number of ether oxygens (including phenoxy) is 2. The van der Waals surface area contributed by atoms with Crippen LogP contribution in [0.4, 0.5) is 0 Å². The van der Waals surface area contributed by atoms with Crippen molar-refractivity contribution in [3.63, 3.8) is 0 Å². The van der Waals surface area contributed by atoms with Crippen LogP contribution < -0.4 is 0 Å². The van der Waals surface area contributed by atoms with Crippen LogP contribution in [0.15, 0.2) is 0 Å². The van der Waals surface area contributed by atoms with Gasteiger partial charge in [-0.2, -0.15) is 0 Å². The monoisotopic (exact) mass is 482 g/mol. The molecule has 0 aromatic rings. The molecule has 2 atom stereocenters. The molecule has 0 bridgehead atoms. The largest absolute Gasteiger partial charge is 0.481 e. The molecule has 0 aliphatic heterocycles. The standard InChI is InChI=1S/C23H47O8P/c1-3-5-6-7-8-9-10-11-12-14-18-28-20-22(29-19-15-13-16-23(24)25)21-31-32(26,27)30-17-4-2/h22H,3-21H2,1-2H3,(H,24,25)(H,26,27). The smallest absolute Gasteiger partial charge is 0.472 e. The normalized spacial score (nSPS) is 14.3. The third kappa shape index (κ3) is 22.7. The van der Waals surface area contributed by atoms with Gasteiger partial charge < -0.3 is 19.5 Å². The van der Waals surface area contributed by atoms with E-state index in [0.717, 1.165) is 12.8 Å². The van der Waals surface area contributed by atoms with Crippen molar-refractivity contribution < 1.29 is 37.9 Å². The SMILES string of the molecule is CCCCCCCCCCCCOCC(COP(=O)(O)OCCC)OCCCCC(=O)O. The number of hydrogen-bond acceptors (Lipinski definition) is 6. The molecule has 2 unspecified atom stereocenters. The summed E-state index contributed by atoms with van der Waals surface area (Å²) < 4.78 is 33.1. The van der Waals surface area contributed by atoms with E-state index in [0.29, 0.717) is 32.5 Å². The van der Waals surface area contributed by atoms with Crippen LogP contribution in [-0.2, 0) is 27.9 Å². The second-order valence-electron chi connectivity index (χ2n) is 8.20. The van der Waals surface area contributed by atoms with Crippen LogP contribution in [0.2, 0.25) is 0 Å². The molecule has 0 spiro atoms. The summed E-state index contributed by atoms with van der Waals surface area (Å²) in [5, 5.41) is 8.69. The zero-order valence-electron chi connectivity index (χ0n) is 20.3. The van der Waals surface area contributed by atoms with Crippen LogP contribution in [0.25, 0.3) is 0 Å². The number of aliphatic carboxylic acids is 1. The molecule has 0 heterocycles. The second kappa shape index (κ2) is 22.3. The first-order chi connectivity index (χ1) is 15.4. The van der Waals surface area contributed by atoms with E-state index in [2.05, 4.69) is 6.92 Å². The van der Waals surface area contributed by atoms with Gasteiger partial charge in [-0.25, -0.2) is 4.57 Å². The molecule has 0 aliphatic carbocycles. The molecule has 192 valence electrons. The van der Waals surface area contributed by atoms with Crippen LogP contribution in [0, 0.1) is 0 Å². The predicted molar refractivity (Wildman–Crippen MR) is 126 cm³/mol. The Hall–Kier alpha value is -0.500. The van der Waals surface area contributed by atoms with E-state index < -0.39 is 19.9 Å².